The Bertz CT molecular complexity index is 752. The first-order chi connectivity index (χ1) is 12.8. The number of carbonyl (C=O) groups is 1. The van der Waals surface area contributed by atoms with Crippen LogP contribution in [0.25, 0.3) is 0 Å². The number of nitrogens with zero attached hydrogens (tertiary/aromatic N) is 2. The SMILES string of the molecule is CS(=O)(=O)NCC(=O)N1CC[C@](O)(c2ccccc2)[C@H](N2CCOCC2)C1. The largest absolute Gasteiger partial charge is 0.383 e. The third-order valence-electron chi connectivity index (χ3n) is 5.31. The lowest BCUT2D eigenvalue weighted by Crippen LogP contribution is -2.63. The number of hydrogen-bond donors (Lipinski definition) is 2. The van der Waals surface area contributed by atoms with E-state index in [-0.39, 0.29) is 18.5 Å². The zero-order chi connectivity index (χ0) is 19.5. The molecule has 8 nitrogen and oxygen atoms in total. The Kier molecular flexibility index (Phi) is 6.17. The summed E-state index contributed by atoms with van der Waals surface area (Å²) >= 11 is 0. The molecule has 2 N–H and O–H groups in total. The van der Waals surface area contributed by atoms with Crippen molar-refractivity contribution in [2.75, 3.05) is 52.2 Å². The molecule has 1 amide bonds. The van der Waals surface area contributed by atoms with Gasteiger partial charge in [-0.15, -0.1) is 0 Å². The van der Waals surface area contributed by atoms with E-state index in [0.29, 0.717) is 45.8 Å². The quantitative estimate of drug-likeness (QED) is 0.686. The molecule has 9 heteroatoms. The van der Waals surface area contributed by atoms with Gasteiger partial charge in [-0.25, -0.2) is 13.1 Å². The molecule has 2 heterocycles. The molecule has 0 aromatic heterocycles. The fourth-order valence-electron chi connectivity index (χ4n) is 3.82. The van der Waals surface area contributed by atoms with E-state index in [1.165, 1.54) is 0 Å². The zero-order valence-electron chi connectivity index (χ0n) is 15.5. The Morgan fingerprint density at radius 1 is 1.26 bits per heavy atom. The summed E-state index contributed by atoms with van der Waals surface area (Å²) in [6.45, 7) is 2.99. The van der Waals surface area contributed by atoms with Crippen molar-refractivity contribution >= 4 is 15.9 Å². The molecule has 2 aliphatic rings. The van der Waals surface area contributed by atoms with Crippen molar-refractivity contribution in [3.63, 3.8) is 0 Å². The predicted molar refractivity (Wildman–Crippen MR) is 101 cm³/mol. The third-order valence-corrected chi connectivity index (χ3v) is 5.97. The number of sulfonamides is 1. The van der Waals surface area contributed by atoms with Gasteiger partial charge in [0.25, 0.3) is 0 Å². The summed E-state index contributed by atoms with van der Waals surface area (Å²) in [4.78, 5) is 16.3. The van der Waals surface area contributed by atoms with Crippen molar-refractivity contribution in [2.45, 2.75) is 18.1 Å². The van der Waals surface area contributed by atoms with Crippen LogP contribution in [-0.2, 0) is 25.2 Å². The Balaban J connectivity index is 1.80. The van der Waals surface area contributed by atoms with Crippen LogP contribution in [0.1, 0.15) is 12.0 Å². The zero-order valence-corrected chi connectivity index (χ0v) is 16.3. The second-order valence-corrected chi connectivity index (χ2v) is 8.97. The Morgan fingerprint density at radius 2 is 1.93 bits per heavy atom. The number of ether oxygens (including phenoxy) is 1. The molecule has 0 saturated carbocycles. The number of carbonyl (C=O) groups excluding carboxylic acids is 1. The van der Waals surface area contributed by atoms with Crippen molar-refractivity contribution in [1.82, 2.24) is 14.5 Å². The molecule has 150 valence electrons. The molecule has 0 spiro atoms. The molecule has 0 aliphatic carbocycles. The molecule has 2 atom stereocenters. The Morgan fingerprint density at radius 3 is 2.56 bits per heavy atom. The molecule has 1 aromatic carbocycles. The molecule has 27 heavy (non-hydrogen) atoms. The van der Waals surface area contributed by atoms with Crippen LogP contribution < -0.4 is 4.72 Å². The Hall–Kier alpha value is -1.52. The van der Waals surface area contributed by atoms with Crippen LogP contribution in [0.4, 0.5) is 0 Å². The number of nitrogens with one attached hydrogen (secondary N) is 1. The van der Waals surface area contributed by atoms with Gasteiger partial charge >= 0.3 is 0 Å². The molecule has 2 fully saturated rings. The van der Waals surface area contributed by atoms with Gasteiger partial charge in [-0.1, -0.05) is 30.3 Å². The van der Waals surface area contributed by atoms with E-state index in [1.807, 2.05) is 30.3 Å². The molecule has 2 aliphatic heterocycles. The normalized spacial score (nSPS) is 27.5. The molecule has 2 saturated heterocycles. The summed E-state index contributed by atoms with van der Waals surface area (Å²) in [5.74, 6) is -0.284. The van der Waals surface area contributed by atoms with Crippen LogP contribution >= 0.6 is 0 Å². The Labute approximate surface area is 160 Å². The number of amides is 1. The van der Waals surface area contributed by atoms with E-state index in [9.17, 15) is 18.3 Å². The smallest absolute Gasteiger partial charge is 0.237 e. The highest BCUT2D eigenvalue weighted by atomic mass is 32.2. The number of rotatable bonds is 5. The van der Waals surface area contributed by atoms with Gasteiger partial charge in [-0.05, 0) is 12.0 Å². The minimum Gasteiger partial charge on any atom is -0.383 e. The van der Waals surface area contributed by atoms with E-state index in [0.717, 1.165) is 11.8 Å². The van der Waals surface area contributed by atoms with E-state index in [2.05, 4.69) is 9.62 Å². The summed E-state index contributed by atoms with van der Waals surface area (Å²) < 4.78 is 30.2. The lowest BCUT2D eigenvalue weighted by atomic mass is 9.79. The van der Waals surface area contributed by atoms with Gasteiger partial charge in [-0.3, -0.25) is 9.69 Å². The number of likely N-dealkylation sites (tertiary alicyclic amines) is 1. The lowest BCUT2D eigenvalue weighted by molar-refractivity contribution is -0.146. The number of morpholine rings is 1. The maximum atomic E-state index is 12.5. The fourth-order valence-corrected chi connectivity index (χ4v) is 4.21. The number of hydrogen-bond acceptors (Lipinski definition) is 6. The van der Waals surface area contributed by atoms with Gasteiger partial charge in [0.05, 0.1) is 32.1 Å². The highest BCUT2D eigenvalue weighted by molar-refractivity contribution is 7.88. The summed E-state index contributed by atoms with van der Waals surface area (Å²) in [6, 6.07) is 9.26. The summed E-state index contributed by atoms with van der Waals surface area (Å²) in [6.07, 6.45) is 1.42. The van der Waals surface area contributed by atoms with Gasteiger partial charge in [0.15, 0.2) is 0 Å². The van der Waals surface area contributed by atoms with Gasteiger partial charge in [0.1, 0.15) is 5.60 Å². The minimum absolute atomic E-state index is 0.265. The van der Waals surface area contributed by atoms with Crippen molar-refractivity contribution in [3.05, 3.63) is 35.9 Å². The highest BCUT2D eigenvalue weighted by Gasteiger charge is 2.46. The minimum atomic E-state index is -3.43. The lowest BCUT2D eigenvalue weighted by Gasteiger charge is -2.50. The van der Waals surface area contributed by atoms with Crippen molar-refractivity contribution in [2.24, 2.45) is 0 Å². The van der Waals surface area contributed by atoms with Crippen molar-refractivity contribution < 1.29 is 23.1 Å². The number of aliphatic hydroxyl groups is 1. The van der Waals surface area contributed by atoms with E-state index in [1.54, 1.807) is 4.90 Å². The molecule has 0 unspecified atom stereocenters. The van der Waals surface area contributed by atoms with Gasteiger partial charge in [0, 0.05) is 26.2 Å². The fraction of sp³-hybridized carbons (Fsp3) is 0.611. The average Bonchev–Trinajstić information content (AvgIpc) is 2.67. The highest BCUT2D eigenvalue weighted by Crippen LogP contribution is 2.36. The van der Waals surface area contributed by atoms with E-state index >= 15 is 0 Å². The average molecular weight is 397 g/mol. The van der Waals surface area contributed by atoms with Crippen molar-refractivity contribution in [3.8, 4) is 0 Å². The first kappa shape index (κ1) is 20.2. The molecule has 1 aromatic rings. The van der Waals surface area contributed by atoms with Gasteiger partial charge in [-0.2, -0.15) is 0 Å². The van der Waals surface area contributed by atoms with Crippen LogP contribution in [0, 0.1) is 0 Å². The van der Waals surface area contributed by atoms with Crippen LogP contribution in [0.2, 0.25) is 0 Å². The summed E-state index contributed by atoms with van der Waals surface area (Å²) in [5, 5.41) is 11.6. The topological polar surface area (TPSA) is 99.2 Å². The van der Waals surface area contributed by atoms with Crippen LogP contribution in [0.15, 0.2) is 30.3 Å². The maximum absolute atomic E-state index is 12.5. The molecular weight excluding hydrogens is 370 g/mol. The molecule has 3 rings (SSSR count). The second-order valence-electron chi connectivity index (χ2n) is 7.14. The monoisotopic (exact) mass is 397 g/mol. The number of benzene rings is 1. The van der Waals surface area contributed by atoms with Crippen LogP contribution in [0.5, 0.6) is 0 Å². The summed E-state index contributed by atoms with van der Waals surface area (Å²) in [5.41, 5.74) is -0.234. The van der Waals surface area contributed by atoms with E-state index < -0.39 is 15.6 Å². The van der Waals surface area contributed by atoms with Crippen LogP contribution in [0.3, 0.4) is 0 Å². The number of piperidine rings is 1. The molecular formula is C18H27N3O5S. The third kappa shape index (κ3) is 4.85. The molecule has 0 bridgehead atoms. The van der Waals surface area contributed by atoms with Gasteiger partial charge < -0.3 is 14.7 Å². The standard InChI is InChI=1S/C18H27N3O5S/c1-27(24,25)19-13-17(22)21-8-7-18(23,15-5-3-2-4-6-15)16(14-21)20-9-11-26-12-10-20/h2-6,16,19,23H,7-14H2,1H3/t16-,18+/m1/s1. The second kappa shape index (κ2) is 8.24. The maximum Gasteiger partial charge on any atom is 0.237 e. The predicted octanol–water partition coefficient (Wildman–Crippen LogP) is -0.643. The van der Waals surface area contributed by atoms with Crippen LogP contribution in [-0.4, -0.2) is 87.5 Å². The summed E-state index contributed by atoms with van der Waals surface area (Å²) in [7, 11) is -3.43. The van der Waals surface area contributed by atoms with Gasteiger partial charge in [0.2, 0.25) is 15.9 Å². The van der Waals surface area contributed by atoms with Crippen molar-refractivity contribution in [1.29, 1.82) is 0 Å². The first-order valence-corrected chi connectivity index (χ1v) is 11.0. The first-order valence-electron chi connectivity index (χ1n) is 9.12. The van der Waals surface area contributed by atoms with E-state index in [4.69, 9.17) is 4.74 Å². The molecule has 0 radical (unpaired) electrons.